The Morgan fingerprint density at radius 2 is 1.73 bits per heavy atom. The van der Waals surface area contributed by atoms with Crippen LogP contribution in [0, 0.1) is 5.92 Å². The van der Waals surface area contributed by atoms with E-state index >= 15 is 0 Å². The van der Waals surface area contributed by atoms with Crippen molar-refractivity contribution in [3.8, 4) is 0 Å². The highest BCUT2D eigenvalue weighted by molar-refractivity contribution is 5.85. The molecule has 0 aromatic carbocycles. The van der Waals surface area contributed by atoms with Crippen LogP contribution in [0.25, 0.3) is 0 Å². The van der Waals surface area contributed by atoms with Crippen molar-refractivity contribution >= 4 is 17.7 Å². The molecule has 0 aliphatic heterocycles. The number of carbonyl (C=O) groups is 3. The zero-order valence-electron chi connectivity index (χ0n) is 9.46. The van der Waals surface area contributed by atoms with E-state index in [2.05, 4.69) is 10.9 Å². The minimum absolute atomic E-state index is 0.238. The molecule has 0 aromatic heterocycles. The molecule has 2 N–H and O–H groups in total. The van der Waals surface area contributed by atoms with Crippen molar-refractivity contribution in [2.45, 2.75) is 34.1 Å². The topological polar surface area (TPSA) is 78.5 Å². The monoisotopic (exact) mass is 215 g/mol. The standard InChI is InChI=1S/C9H17N3O3/c1-5-8(14)11-12(10-7(4)13)9(15)6(2)3/h6H,5H2,1-4H3,(H,10,13)(H,11,14). The number of nitrogens with zero attached hydrogens (tertiary/aromatic N) is 1. The van der Waals surface area contributed by atoms with Crippen molar-refractivity contribution in [3.63, 3.8) is 0 Å². The molecule has 0 fully saturated rings. The number of nitrogens with one attached hydrogen (secondary N) is 2. The first-order valence-corrected chi connectivity index (χ1v) is 4.79. The van der Waals surface area contributed by atoms with Gasteiger partial charge in [-0.05, 0) is 0 Å². The van der Waals surface area contributed by atoms with E-state index in [0.29, 0.717) is 0 Å². The van der Waals surface area contributed by atoms with Crippen LogP contribution in [0.2, 0.25) is 0 Å². The Balaban J connectivity index is 4.50. The highest BCUT2D eigenvalue weighted by Gasteiger charge is 2.19. The van der Waals surface area contributed by atoms with E-state index in [9.17, 15) is 14.4 Å². The lowest BCUT2D eigenvalue weighted by atomic mass is 10.2. The molecule has 0 aliphatic rings. The van der Waals surface area contributed by atoms with E-state index in [-0.39, 0.29) is 24.2 Å². The Morgan fingerprint density at radius 1 is 1.20 bits per heavy atom. The van der Waals surface area contributed by atoms with Gasteiger partial charge in [-0.2, -0.15) is 5.12 Å². The number of carbonyl (C=O) groups excluding carboxylic acids is 3. The van der Waals surface area contributed by atoms with Crippen LogP contribution in [0.1, 0.15) is 34.1 Å². The molecule has 15 heavy (non-hydrogen) atoms. The second-order valence-electron chi connectivity index (χ2n) is 3.38. The number of amides is 3. The van der Waals surface area contributed by atoms with Crippen LogP contribution in [-0.4, -0.2) is 22.8 Å². The molecule has 0 saturated carbocycles. The summed E-state index contributed by atoms with van der Waals surface area (Å²) in [7, 11) is 0. The first-order valence-electron chi connectivity index (χ1n) is 4.79. The first kappa shape index (κ1) is 13.4. The zero-order valence-corrected chi connectivity index (χ0v) is 9.46. The summed E-state index contributed by atoms with van der Waals surface area (Å²) in [6.45, 7) is 6.27. The molecule has 0 aromatic rings. The van der Waals surface area contributed by atoms with Gasteiger partial charge in [-0.3, -0.25) is 14.4 Å². The van der Waals surface area contributed by atoms with E-state index in [1.165, 1.54) is 6.92 Å². The summed E-state index contributed by atoms with van der Waals surface area (Å²) in [5, 5.41) is 0.832. The summed E-state index contributed by atoms with van der Waals surface area (Å²) in [4.78, 5) is 33.4. The van der Waals surface area contributed by atoms with Crippen LogP contribution in [0.15, 0.2) is 0 Å². The molecule has 0 aliphatic carbocycles. The fourth-order valence-electron chi connectivity index (χ4n) is 0.758. The maximum absolute atomic E-state index is 11.5. The van der Waals surface area contributed by atoms with Gasteiger partial charge in [0.05, 0.1) is 0 Å². The van der Waals surface area contributed by atoms with Crippen molar-refractivity contribution in [1.29, 1.82) is 0 Å². The molecular formula is C9H17N3O3. The average molecular weight is 215 g/mol. The minimum Gasteiger partial charge on any atom is -0.274 e. The second kappa shape index (κ2) is 6.00. The minimum atomic E-state index is -0.416. The summed E-state index contributed by atoms with van der Waals surface area (Å²) < 4.78 is 0. The van der Waals surface area contributed by atoms with E-state index in [1.807, 2.05) is 0 Å². The highest BCUT2D eigenvalue weighted by Crippen LogP contribution is 1.96. The molecule has 3 amide bonds. The van der Waals surface area contributed by atoms with Gasteiger partial charge in [0.1, 0.15) is 0 Å². The van der Waals surface area contributed by atoms with Crippen LogP contribution in [0.4, 0.5) is 0 Å². The van der Waals surface area contributed by atoms with Gasteiger partial charge in [0.25, 0.3) is 5.91 Å². The maximum atomic E-state index is 11.5. The molecular weight excluding hydrogens is 198 g/mol. The Hall–Kier alpha value is -1.59. The number of rotatable bonds is 2. The predicted molar refractivity (Wildman–Crippen MR) is 53.9 cm³/mol. The van der Waals surface area contributed by atoms with Gasteiger partial charge < -0.3 is 0 Å². The quantitative estimate of drug-likeness (QED) is 0.634. The average Bonchev–Trinajstić information content (AvgIpc) is 2.14. The fourth-order valence-corrected chi connectivity index (χ4v) is 0.758. The van der Waals surface area contributed by atoms with Gasteiger partial charge in [0.15, 0.2) is 0 Å². The van der Waals surface area contributed by atoms with Crippen molar-refractivity contribution in [3.05, 3.63) is 0 Å². The van der Waals surface area contributed by atoms with Crippen LogP contribution < -0.4 is 10.9 Å². The largest absolute Gasteiger partial charge is 0.274 e. The smallest absolute Gasteiger partial charge is 0.263 e. The third kappa shape index (κ3) is 4.99. The SMILES string of the molecule is CCC(=O)NN(NC(C)=O)C(=O)C(C)C. The van der Waals surface area contributed by atoms with Crippen molar-refractivity contribution in [2.75, 3.05) is 0 Å². The third-order valence-electron chi connectivity index (χ3n) is 1.54. The lowest BCUT2D eigenvalue weighted by Gasteiger charge is -2.24. The molecule has 6 heteroatoms. The van der Waals surface area contributed by atoms with Crippen molar-refractivity contribution in [1.82, 2.24) is 16.0 Å². The van der Waals surface area contributed by atoms with Gasteiger partial charge in [-0.25, -0.2) is 10.9 Å². The van der Waals surface area contributed by atoms with E-state index < -0.39 is 5.91 Å². The van der Waals surface area contributed by atoms with Crippen LogP contribution >= 0.6 is 0 Å². The summed E-state index contributed by atoms with van der Waals surface area (Å²) in [5.41, 5.74) is 4.53. The first-order chi connectivity index (χ1) is 6.88. The normalized spacial score (nSPS) is 9.67. The Kier molecular flexibility index (Phi) is 5.36. The molecule has 0 unspecified atom stereocenters. The molecule has 6 nitrogen and oxygen atoms in total. The number of hydrogen-bond acceptors (Lipinski definition) is 3. The van der Waals surface area contributed by atoms with Gasteiger partial charge in [-0.15, -0.1) is 0 Å². The number of hydrogen-bond donors (Lipinski definition) is 2. The lowest BCUT2D eigenvalue weighted by molar-refractivity contribution is -0.152. The van der Waals surface area contributed by atoms with Gasteiger partial charge in [0, 0.05) is 19.3 Å². The van der Waals surface area contributed by atoms with Crippen LogP contribution in [-0.2, 0) is 14.4 Å². The predicted octanol–water partition coefficient (Wildman–Crippen LogP) is -0.0367. The molecule has 0 heterocycles. The Bertz CT molecular complexity index is 263. The van der Waals surface area contributed by atoms with Gasteiger partial charge in [0.2, 0.25) is 11.8 Å². The fraction of sp³-hybridized carbons (Fsp3) is 0.667. The summed E-state index contributed by atoms with van der Waals surface area (Å²) in [6, 6.07) is 0. The van der Waals surface area contributed by atoms with Gasteiger partial charge >= 0.3 is 0 Å². The highest BCUT2D eigenvalue weighted by atomic mass is 16.2. The molecule has 86 valence electrons. The van der Waals surface area contributed by atoms with Crippen LogP contribution in [0.5, 0.6) is 0 Å². The molecule has 0 atom stereocenters. The zero-order chi connectivity index (χ0) is 12.0. The van der Waals surface area contributed by atoms with Crippen molar-refractivity contribution < 1.29 is 14.4 Å². The molecule has 0 rings (SSSR count). The third-order valence-corrected chi connectivity index (χ3v) is 1.54. The van der Waals surface area contributed by atoms with Crippen molar-refractivity contribution in [2.24, 2.45) is 5.92 Å². The molecule has 0 radical (unpaired) electrons. The summed E-state index contributed by atoms with van der Waals surface area (Å²) in [6.07, 6.45) is 0.238. The van der Waals surface area contributed by atoms with E-state index in [4.69, 9.17) is 0 Å². The summed E-state index contributed by atoms with van der Waals surface area (Å²) >= 11 is 0. The maximum Gasteiger partial charge on any atom is 0.263 e. The molecule has 0 saturated heterocycles. The number of hydrazine groups is 2. The lowest BCUT2D eigenvalue weighted by Crippen LogP contribution is -2.56. The Morgan fingerprint density at radius 3 is 2.07 bits per heavy atom. The summed E-state index contributed by atoms with van der Waals surface area (Å²) in [5.74, 6) is -1.43. The second-order valence-corrected chi connectivity index (χ2v) is 3.38. The van der Waals surface area contributed by atoms with Gasteiger partial charge in [-0.1, -0.05) is 20.8 Å². The van der Waals surface area contributed by atoms with E-state index in [1.54, 1.807) is 20.8 Å². The van der Waals surface area contributed by atoms with Crippen LogP contribution in [0.3, 0.4) is 0 Å². The molecule has 0 bridgehead atoms. The molecule has 0 spiro atoms. The van der Waals surface area contributed by atoms with E-state index in [0.717, 1.165) is 5.12 Å². The Labute approximate surface area is 88.9 Å².